The molecule has 2 aromatic rings. The van der Waals surface area contributed by atoms with Crippen LogP contribution in [-0.2, 0) is 16.1 Å². The molecule has 0 aliphatic carbocycles. The number of para-hydroxylation sites is 1. The number of carbonyl (C=O) groups is 3. The zero-order valence-corrected chi connectivity index (χ0v) is 13.9. The lowest BCUT2D eigenvalue weighted by Crippen LogP contribution is -2.25. The number of carbonyl (C=O) groups excluding carboxylic acids is 3. The molecule has 25 heavy (non-hydrogen) atoms. The van der Waals surface area contributed by atoms with E-state index in [9.17, 15) is 14.4 Å². The molecule has 0 aliphatic heterocycles. The second-order valence-electron chi connectivity index (χ2n) is 5.26. The molecule has 0 saturated carbocycles. The lowest BCUT2D eigenvalue weighted by molar-refractivity contribution is -0.119. The maximum Gasteiger partial charge on any atom is 0.338 e. The molecule has 0 fully saturated rings. The van der Waals surface area contributed by atoms with Crippen LogP contribution in [0.2, 0.25) is 0 Å². The molecule has 0 aliphatic rings. The highest BCUT2D eigenvalue weighted by Crippen LogP contribution is 2.17. The van der Waals surface area contributed by atoms with Crippen molar-refractivity contribution in [3.8, 4) is 5.75 Å². The van der Waals surface area contributed by atoms with Crippen LogP contribution in [0, 0.1) is 0 Å². The first-order chi connectivity index (χ1) is 12.1. The van der Waals surface area contributed by atoms with Crippen molar-refractivity contribution in [3.63, 3.8) is 0 Å². The van der Waals surface area contributed by atoms with Crippen molar-refractivity contribution in [2.24, 2.45) is 0 Å². The van der Waals surface area contributed by atoms with Gasteiger partial charge < -0.3 is 14.8 Å². The summed E-state index contributed by atoms with van der Waals surface area (Å²) in [4.78, 5) is 33.5. The Balaban J connectivity index is 1.86. The van der Waals surface area contributed by atoms with E-state index in [0.717, 1.165) is 11.8 Å². The normalized spacial score (nSPS) is 9.96. The van der Waals surface area contributed by atoms with Gasteiger partial charge in [-0.2, -0.15) is 0 Å². The number of esters is 1. The molecule has 0 unspecified atom stereocenters. The summed E-state index contributed by atoms with van der Waals surface area (Å²) in [6.45, 7) is 2.08. The van der Waals surface area contributed by atoms with Gasteiger partial charge in [-0.05, 0) is 29.8 Å². The van der Waals surface area contributed by atoms with E-state index in [0.29, 0.717) is 16.9 Å². The van der Waals surface area contributed by atoms with Gasteiger partial charge in [0, 0.05) is 6.92 Å². The van der Waals surface area contributed by atoms with Gasteiger partial charge >= 0.3 is 5.97 Å². The first kappa shape index (κ1) is 18.2. The molecule has 1 amide bonds. The van der Waals surface area contributed by atoms with Crippen molar-refractivity contribution in [2.45, 2.75) is 13.5 Å². The monoisotopic (exact) mass is 341 g/mol. The van der Waals surface area contributed by atoms with E-state index in [1.807, 2.05) is 0 Å². The summed E-state index contributed by atoms with van der Waals surface area (Å²) in [6, 6.07) is 13.8. The highest BCUT2D eigenvalue weighted by atomic mass is 16.5. The number of ether oxygens (including phenoxy) is 2. The summed E-state index contributed by atoms with van der Waals surface area (Å²) in [7, 11) is 0. The zero-order chi connectivity index (χ0) is 18.1. The number of nitrogens with one attached hydrogen (secondary N) is 1. The van der Waals surface area contributed by atoms with Crippen molar-refractivity contribution >= 4 is 18.2 Å². The third kappa shape index (κ3) is 5.76. The summed E-state index contributed by atoms with van der Waals surface area (Å²) in [5.74, 6) is -0.111. The smallest absolute Gasteiger partial charge is 0.338 e. The molecular weight excluding hydrogens is 322 g/mol. The highest BCUT2D eigenvalue weighted by molar-refractivity contribution is 5.89. The van der Waals surface area contributed by atoms with E-state index in [2.05, 4.69) is 5.32 Å². The average Bonchev–Trinajstić information content (AvgIpc) is 2.64. The summed E-state index contributed by atoms with van der Waals surface area (Å²) in [5, 5.41) is 2.55. The Morgan fingerprint density at radius 1 is 1.08 bits per heavy atom. The molecule has 130 valence electrons. The largest absolute Gasteiger partial charge is 0.488 e. The first-order valence-corrected chi connectivity index (χ1v) is 7.77. The highest BCUT2D eigenvalue weighted by Gasteiger charge is 2.07. The van der Waals surface area contributed by atoms with Gasteiger partial charge in [-0.1, -0.05) is 24.3 Å². The predicted octanol–water partition coefficient (Wildman–Crippen LogP) is 2.37. The van der Waals surface area contributed by atoms with Gasteiger partial charge in [-0.15, -0.1) is 0 Å². The van der Waals surface area contributed by atoms with Gasteiger partial charge in [0.2, 0.25) is 5.91 Å². The fourth-order valence-corrected chi connectivity index (χ4v) is 2.06. The van der Waals surface area contributed by atoms with Gasteiger partial charge in [0.1, 0.15) is 19.0 Å². The van der Waals surface area contributed by atoms with E-state index in [1.165, 1.54) is 6.92 Å². The molecular formula is C19H19NO5. The Bertz CT molecular complexity index is 740. The van der Waals surface area contributed by atoms with Gasteiger partial charge in [0.25, 0.3) is 0 Å². The fourth-order valence-electron chi connectivity index (χ4n) is 2.06. The van der Waals surface area contributed by atoms with Gasteiger partial charge in [-0.3, -0.25) is 9.59 Å². The summed E-state index contributed by atoms with van der Waals surface area (Å²) in [5.41, 5.74) is 1.76. The lowest BCUT2D eigenvalue weighted by Gasteiger charge is -2.09. The standard InChI is InChI=1S/C19H19NO5/c1-14(22)20-10-11-24-19(23)16-8-6-15(7-9-16)13-25-18-5-3-2-4-17(18)12-21/h2-9,12H,10-11,13H2,1H3,(H,20,22). The maximum atomic E-state index is 11.9. The van der Waals surface area contributed by atoms with E-state index < -0.39 is 5.97 Å². The predicted molar refractivity (Wildman–Crippen MR) is 91.6 cm³/mol. The minimum atomic E-state index is -0.455. The Kier molecular flexibility index (Phi) is 6.71. The quantitative estimate of drug-likeness (QED) is 0.453. The lowest BCUT2D eigenvalue weighted by atomic mass is 10.1. The van der Waals surface area contributed by atoms with Crippen molar-refractivity contribution in [1.82, 2.24) is 5.32 Å². The number of hydrogen-bond donors (Lipinski definition) is 1. The molecule has 2 rings (SSSR count). The van der Waals surface area contributed by atoms with Crippen LogP contribution in [-0.4, -0.2) is 31.3 Å². The van der Waals surface area contributed by atoms with Gasteiger partial charge in [0.15, 0.2) is 6.29 Å². The maximum absolute atomic E-state index is 11.9. The van der Waals surface area contributed by atoms with Crippen LogP contribution < -0.4 is 10.1 Å². The fraction of sp³-hybridized carbons (Fsp3) is 0.211. The average molecular weight is 341 g/mol. The van der Waals surface area contributed by atoms with Crippen LogP contribution in [0.4, 0.5) is 0 Å². The van der Waals surface area contributed by atoms with Crippen LogP contribution in [0.3, 0.4) is 0 Å². The molecule has 0 radical (unpaired) electrons. The SMILES string of the molecule is CC(=O)NCCOC(=O)c1ccc(COc2ccccc2C=O)cc1. The third-order valence-electron chi connectivity index (χ3n) is 3.34. The van der Waals surface area contributed by atoms with E-state index in [4.69, 9.17) is 9.47 Å². The Labute approximate surface area is 145 Å². The molecule has 0 aromatic heterocycles. The molecule has 6 nitrogen and oxygen atoms in total. The van der Waals surface area contributed by atoms with Crippen LogP contribution in [0.5, 0.6) is 5.75 Å². The number of aldehydes is 1. The summed E-state index contributed by atoms with van der Waals surface area (Å²) in [6.07, 6.45) is 0.745. The molecule has 6 heteroatoms. The van der Waals surface area contributed by atoms with Crippen molar-refractivity contribution in [2.75, 3.05) is 13.2 Å². The van der Waals surface area contributed by atoms with Crippen LogP contribution in [0.25, 0.3) is 0 Å². The van der Waals surface area contributed by atoms with Crippen molar-refractivity contribution < 1.29 is 23.9 Å². The van der Waals surface area contributed by atoms with E-state index in [-0.39, 0.29) is 25.7 Å². The van der Waals surface area contributed by atoms with Crippen molar-refractivity contribution in [3.05, 3.63) is 65.2 Å². The zero-order valence-electron chi connectivity index (χ0n) is 13.9. The van der Waals surface area contributed by atoms with Crippen molar-refractivity contribution in [1.29, 1.82) is 0 Å². The molecule has 0 heterocycles. The Hall–Kier alpha value is -3.15. The molecule has 0 bridgehead atoms. The molecule has 0 spiro atoms. The molecule has 1 N–H and O–H groups in total. The van der Waals surface area contributed by atoms with E-state index in [1.54, 1.807) is 48.5 Å². The molecule has 0 saturated heterocycles. The Morgan fingerprint density at radius 3 is 2.48 bits per heavy atom. The number of hydrogen-bond acceptors (Lipinski definition) is 5. The van der Waals surface area contributed by atoms with Crippen LogP contribution in [0.1, 0.15) is 33.2 Å². The molecule has 0 atom stereocenters. The van der Waals surface area contributed by atoms with Crippen LogP contribution in [0.15, 0.2) is 48.5 Å². The minimum absolute atomic E-state index is 0.117. The summed E-state index contributed by atoms with van der Waals surface area (Å²) >= 11 is 0. The van der Waals surface area contributed by atoms with Crippen LogP contribution >= 0.6 is 0 Å². The second-order valence-corrected chi connectivity index (χ2v) is 5.26. The van der Waals surface area contributed by atoms with E-state index >= 15 is 0 Å². The molecule has 2 aromatic carbocycles. The minimum Gasteiger partial charge on any atom is -0.488 e. The van der Waals surface area contributed by atoms with Gasteiger partial charge in [-0.25, -0.2) is 4.79 Å². The summed E-state index contributed by atoms with van der Waals surface area (Å²) < 4.78 is 10.7. The topological polar surface area (TPSA) is 81.7 Å². The number of amides is 1. The first-order valence-electron chi connectivity index (χ1n) is 7.77. The number of benzene rings is 2. The number of rotatable bonds is 8. The van der Waals surface area contributed by atoms with Gasteiger partial charge in [0.05, 0.1) is 17.7 Å². The Morgan fingerprint density at radius 2 is 1.80 bits per heavy atom. The second kappa shape index (κ2) is 9.22. The third-order valence-corrected chi connectivity index (χ3v) is 3.34.